The Morgan fingerprint density at radius 1 is 0.701 bits per heavy atom. The molecule has 11 nitrogen and oxygen atoms in total. The summed E-state index contributed by atoms with van der Waals surface area (Å²) in [7, 11) is 0. The third kappa shape index (κ3) is 26.2. The van der Waals surface area contributed by atoms with Gasteiger partial charge in [0.1, 0.15) is 11.2 Å². The number of Topliss-reactive ketones (excluding diaryl/α,β-unsaturated/α-hetero) is 1. The van der Waals surface area contributed by atoms with Crippen molar-refractivity contribution in [1.29, 1.82) is 0 Å². The number of hydrogen-bond acceptors (Lipinski definition) is 8. The second-order valence-corrected chi connectivity index (χ2v) is 21.1. The van der Waals surface area contributed by atoms with Crippen LogP contribution in [0.3, 0.4) is 0 Å². The standard InChI is InChI=1S/C18H27NO3.C13H19N.C11H19NO3.C8H10.C6H11NO/c1-13-7-6-8-15(11-13)16(20)10-9-14(2)12-19-17(21)22-18(3,4)5;1-10-4-3-5-12(8-10)13-7-6-11(2)9-14-13;1-8-5-6-9(13)12(7-8)10(14)15-11(2,3)4;1-7-4-3-5-8(2)6-7;1-5-2-3-6(8)7-4-5/h6-8,11,14H,9-10,12H2,1-5H3,(H,19,21);3-5,8,11,13-14H,6-7,9H2,1-2H3;8H,5-7H2,1-4H3;3-6H,1-2H3;5H,2-4H2,1H3,(H,7,8). The van der Waals surface area contributed by atoms with Gasteiger partial charge in [-0.25, -0.2) is 14.5 Å². The van der Waals surface area contributed by atoms with Crippen molar-refractivity contribution in [2.45, 2.75) is 166 Å². The van der Waals surface area contributed by atoms with Crippen LogP contribution in [-0.2, 0) is 19.1 Å². The highest BCUT2D eigenvalue weighted by molar-refractivity contribution is 5.96. The molecule has 0 saturated carbocycles. The van der Waals surface area contributed by atoms with Crippen LogP contribution in [0.1, 0.15) is 165 Å². The molecule has 3 N–H and O–H groups in total. The predicted octanol–water partition coefficient (Wildman–Crippen LogP) is 12.2. The Kier molecular flexibility index (Phi) is 25.1. The number of carbonyl (C=O) groups is 5. The van der Waals surface area contributed by atoms with Crippen LogP contribution in [0.4, 0.5) is 9.59 Å². The fraction of sp³-hybridized carbons (Fsp3) is 0.589. The number of imide groups is 1. The second-order valence-electron chi connectivity index (χ2n) is 21.1. The Balaban J connectivity index is 0.000000302. The average Bonchev–Trinajstić information content (AvgIpc) is 3.24. The van der Waals surface area contributed by atoms with Crippen LogP contribution in [0.5, 0.6) is 0 Å². The SMILES string of the molecule is CC1CCC(=O)N(C(=O)OC(C)(C)C)C1.CC1CCC(=O)NC1.Cc1cccc(C(=O)CCC(C)CNC(=O)OC(C)(C)C)c1.Cc1cccc(C)c1.Cc1cccc(C2CCC(C)CN2)c1. The van der Waals surface area contributed by atoms with Gasteiger partial charge in [0.15, 0.2) is 5.78 Å². The van der Waals surface area contributed by atoms with E-state index in [0.717, 1.165) is 49.3 Å². The molecule has 5 atom stereocenters. The predicted molar refractivity (Wildman–Crippen MR) is 272 cm³/mol. The number of ketones is 1. The smallest absolute Gasteiger partial charge is 0.417 e. The fourth-order valence-electron chi connectivity index (χ4n) is 7.35. The second kappa shape index (κ2) is 29.0. The summed E-state index contributed by atoms with van der Waals surface area (Å²) >= 11 is 0. The number of benzene rings is 3. The Morgan fingerprint density at radius 3 is 1.75 bits per heavy atom. The maximum absolute atomic E-state index is 12.1. The summed E-state index contributed by atoms with van der Waals surface area (Å²) in [4.78, 5) is 58.5. The molecule has 0 radical (unpaired) electrons. The lowest BCUT2D eigenvalue weighted by Crippen LogP contribution is -2.45. The molecule has 0 aliphatic carbocycles. The zero-order valence-corrected chi connectivity index (χ0v) is 43.6. The highest BCUT2D eigenvalue weighted by atomic mass is 16.6. The summed E-state index contributed by atoms with van der Waals surface area (Å²) in [5.41, 5.74) is 6.31. The Labute approximate surface area is 404 Å². The maximum atomic E-state index is 12.1. The lowest BCUT2D eigenvalue weighted by molar-refractivity contribution is -0.133. The van der Waals surface area contributed by atoms with E-state index in [0.29, 0.717) is 43.8 Å². The molecule has 3 aromatic rings. The minimum absolute atomic E-state index is 0.123. The van der Waals surface area contributed by atoms with Crippen LogP contribution in [0, 0.1) is 51.4 Å². The molecule has 3 aliphatic heterocycles. The molecule has 5 unspecified atom stereocenters. The first-order chi connectivity index (χ1) is 31.3. The van der Waals surface area contributed by atoms with E-state index < -0.39 is 23.4 Å². The van der Waals surface area contributed by atoms with Gasteiger partial charge >= 0.3 is 12.2 Å². The van der Waals surface area contributed by atoms with Crippen molar-refractivity contribution < 1.29 is 33.4 Å². The van der Waals surface area contributed by atoms with Crippen molar-refractivity contribution >= 4 is 29.8 Å². The zero-order valence-electron chi connectivity index (χ0n) is 43.6. The zero-order chi connectivity index (χ0) is 50.3. The normalized spacial score (nSPS) is 19.6. The summed E-state index contributed by atoms with van der Waals surface area (Å²) in [6, 6.07) is 25.5. The highest BCUT2D eigenvalue weighted by Gasteiger charge is 2.31. The molecule has 3 heterocycles. The number of hydrogen-bond donors (Lipinski definition) is 3. The van der Waals surface area contributed by atoms with Crippen LogP contribution in [0.25, 0.3) is 0 Å². The van der Waals surface area contributed by atoms with E-state index in [9.17, 15) is 24.0 Å². The maximum Gasteiger partial charge on any atom is 0.417 e. The number of ether oxygens (including phenoxy) is 2. The van der Waals surface area contributed by atoms with Gasteiger partial charge in [0, 0.05) is 50.5 Å². The number of nitrogens with zero attached hydrogens (tertiary/aromatic N) is 1. The number of rotatable bonds is 7. The van der Waals surface area contributed by atoms with Gasteiger partial charge in [0.05, 0.1) is 0 Å². The van der Waals surface area contributed by atoms with Crippen molar-refractivity contribution in [2.24, 2.45) is 23.7 Å². The minimum Gasteiger partial charge on any atom is -0.444 e. The van der Waals surface area contributed by atoms with E-state index >= 15 is 0 Å². The van der Waals surface area contributed by atoms with Crippen molar-refractivity contribution in [3.8, 4) is 0 Å². The average molecular weight is 927 g/mol. The van der Waals surface area contributed by atoms with Gasteiger partial charge in [-0.15, -0.1) is 0 Å². The van der Waals surface area contributed by atoms with Crippen LogP contribution >= 0.6 is 0 Å². The first kappa shape index (κ1) is 58.1. The van der Waals surface area contributed by atoms with Gasteiger partial charge in [0.2, 0.25) is 11.8 Å². The van der Waals surface area contributed by atoms with Crippen LogP contribution < -0.4 is 16.0 Å². The third-order valence-corrected chi connectivity index (χ3v) is 11.2. The molecule has 11 heteroatoms. The summed E-state index contributed by atoms with van der Waals surface area (Å²) in [5.74, 6) is 2.36. The Hall–Kier alpha value is -5.03. The molecular weight excluding hydrogens is 841 g/mol. The number of nitrogens with one attached hydrogen (secondary N) is 3. The number of amides is 4. The van der Waals surface area contributed by atoms with Gasteiger partial charge in [-0.3, -0.25) is 14.4 Å². The first-order valence-electron chi connectivity index (χ1n) is 24.5. The number of piperidine rings is 3. The largest absolute Gasteiger partial charge is 0.444 e. The minimum atomic E-state index is -0.544. The van der Waals surface area contributed by atoms with Crippen molar-refractivity contribution in [3.63, 3.8) is 0 Å². The molecule has 67 heavy (non-hydrogen) atoms. The van der Waals surface area contributed by atoms with E-state index in [1.54, 1.807) is 20.8 Å². The quantitative estimate of drug-likeness (QED) is 0.199. The van der Waals surface area contributed by atoms with Crippen molar-refractivity contribution in [1.82, 2.24) is 20.9 Å². The van der Waals surface area contributed by atoms with Gasteiger partial charge in [-0.05, 0) is 143 Å². The Morgan fingerprint density at radius 2 is 1.25 bits per heavy atom. The molecule has 3 aliphatic rings. The number of aryl methyl sites for hydroxylation is 4. The molecule has 0 aromatic heterocycles. The molecule has 3 aromatic carbocycles. The van der Waals surface area contributed by atoms with Gasteiger partial charge in [0.25, 0.3) is 0 Å². The number of likely N-dealkylation sites (tertiary alicyclic amines) is 1. The van der Waals surface area contributed by atoms with Crippen LogP contribution in [-0.4, -0.2) is 72.1 Å². The molecular formula is C56H86N4O7. The third-order valence-electron chi connectivity index (χ3n) is 11.2. The fourth-order valence-corrected chi connectivity index (χ4v) is 7.35. The van der Waals surface area contributed by atoms with Crippen LogP contribution in [0.2, 0.25) is 0 Å². The summed E-state index contributed by atoms with van der Waals surface area (Å²) in [5, 5.41) is 9.14. The van der Waals surface area contributed by atoms with E-state index in [1.807, 2.05) is 65.8 Å². The van der Waals surface area contributed by atoms with E-state index in [4.69, 9.17) is 9.47 Å². The van der Waals surface area contributed by atoms with Crippen LogP contribution in [0.15, 0.2) is 72.8 Å². The van der Waals surface area contributed by atoms with Gasteiger partial charge in [-0.1, -0.05) is 117 Å². The number of carbonyl (C=O) groups excluding carboxylic acids is 5. The molecule has 6 rings (SSSR count). The monoisotopic (exact) mass is 927 g/mol. The molecule has 4 amide bonds. The molecule has 0 spiro atoms. The van der Waals surface area contributed by atoms with E-state index in [1.165, 1.54) is 46.5 Å². The molecule has 3 saturated heterocycles. The topological polar surface area (TPSA) is 143 Å². The lowest BCUT2D eigenvalue weighted by Gasteiger charge is -2.31. The van der Waals surface area contributed by atoms with Crippen molar-refractivity contribution in [3.05, 3.63) is 106 Å². The highest BCUT2D eigenvalue weighted by Crippen LogP contribution is 2.26. The molecule has 3 fully saturated rings. The summed E-state index contributed by atoms with van der Waals surface area (Å²) < 4.78 is 10.3. The number of alkyl carbamates (subject to hydrolysis) is 1. The molecule has 0 bridgehead atoms. The summed E-state index contributed by atoms with van der Waals surface area (Å²) in [6.45, 7) is 30.8. The van der Waals surface area contributed by atoms with Crippen molar-refractivity contribution in [2.75, 3.05) is 26.2 Å². The van der Waals surface area contributed by atoms with E-state index in [-0.39, 0.29) is 23.5 Å². The first-order valence-corrected chi connectivity index (χ1v) is 24.5. The van der Waals surface area contributed by atoms with Gasteiger partial charge in [-0.2, -0.15) is 0 Å². The Bertz CT molecular complexity index is 1970. The van der Waals surface area contributed by atoms with E-state index in [2.05, 4.69) is 99.1 Å². The van der Waals surface area contributed by atoms with Gasteiger partial charge < -0.3 is 25.4 Å². The summed E-state index contributed by atoms with van der Waals surface area (Å²) in [6.07, 6.45) is 6.02. The molecule has 372 valence electrons. The lowest BCUT2D eigenvalue weighted by atomic mass is 9.91.